The van der Waals surface area contributed by atoms with E-state index in [0.29, 0.717) is 12.5 Å². The molecule has 2 rings (SSSR count). The van der Waals surface area contributed by atoms with Crippen molar-refractivity contribution in [2.45, 2.75) is 18.9 Å². The van der Waals surface area contributed by atoms with Crippen LogP contribution in [0.4, 0.5) is 10.1 Å². The summed E-state index contributed by atoms with van der Waals surface area (Å²) in [5.74, 6) is -1.02. The number of hydrogen-bond acceptors (Lipinski definition) is 4. The molecule has 1 aliphatic carbocycles. The van der Waals surface area contributed by atoms with Gasteiger partial charge in [-0.25, -0.2) is 4.39 Å². The summed E-state index contributed by atoms with van der Waals surface area (Å²) in [6.07, 6.45) is 2.03. The van der Waals surface area contributed by atoms with Crippen LogP contribution >= 0.6 is 0 Å². The maximum Gasteiger partial charge on any atom is 0.272 e. The third-order valence-corrected chi connectivity index (χ3v) is 3.62. The predicted molar refractivity (Wildman–Crippen MR) is 70.7 cm³/mol. The van der Waals surface area contributed by atoms with Crippen LogP contribution in [0.25, 0.3) is 0 Å². The Morgan fingerprint density at radius 3 is 2.70 bits per heavy atom. The minimum atomic E-state index is -0.886. The third kappa shape index (κ3) is 2.77. The molecule has 1 aromatic rings. The van der Waals surface area contributed by atoms with E-state index in [9.17, 15) is 19.3 Å². The first-order valence-electron chi connectivity index (χ1n) is 6.37. The van der Waals surface area contributed by atoms with Gasteiger partial charge in [-0.05, 0) is 24.8 Å². The Morgan fingerprint density at radius 2 is 2.25 bits per heavy atom. The Hall–Kier alpha value is -2.02. The fraction of sp³-hybridized carbons (Fsp3) is 0.462. The van der Waals surface area contributed by atoms with Crippen molar-refractivity contribution < 1.29 is 14.1 Å². The molecule has 0 aromatic heterocycles. The average molecular weight is 281 g/mol. The number of halogens is 1. The van der Waals surface area contributed by atoms with Gasteiger partial charge in [0.15, 0.2) is 0 Å². The number of hydrogen-bond donors (Lipinski definition) is 1. The normalized spacial score (nSPS) is 15.8. The van der Waals surface area contributed by atoms with Crippen molar-refractivity contribution in [3.8, 4) is 0 Å². The van der Waals surface area contributed by atoms with Crippen molar-refractivity contribution >= 4 is 11.6 Å². The zero-order chi connectivity index (χ0) is 14.9. The molecule has 0 bridgehead atoms. The third-order valence-electron chi connectivity index (χ3n) is 3.62. The lowest BCUT2D eigenvalue weighted by atomic mass is 10.1. The summed E-state index contributed by atoms with van der Waals surface area (Å²) < 4.78 is 13.8. The quantitative estimate of drug-likeness (QED) is 0.655. The molecular formula is C13H16FN3O3. The minimum absolute atomic E-state index is 0.114. The Balaban J connectivity index is 2.21. The molecule has 1 amide bonds. The van der Waals surface area contributed by atoms with E-state index >= 15 is 0 Å². The molecule has 1 aromatic carbocycles. The number of amides is 1. The number of likely N-dealkylation sites (N-methyl/N-ethyl adjacent to an activating group) is 1. The lowest BCUT2D eigenvalue weighted by Gasteiger charge is -2.27. The zero-order valence-electron chi connectivity index (χ0n) is 11.1. The summed E-state index contributed by atoms with van der Waals surface area (Å²) in [5, 5.41) is 10.5. The summed E-state index contributed by atoms with van der Waals surface area (Å²) >= 11 is 0. The van der Waals surface area contributed by atoms with Gasteiger partial charge in [0, 0.05) is 25.7 Å². The number of nitro groups is 1. The molecule has 7 heteroatoms. The first-order valence-corrected chi connectivity index (χ1v) is 6.37. The van der Waals surface area contributed by atoms with E-state index in [2.05, 4.69) is 0 Å². The summed E-state index contributed by atoms with van der Waals surface area (Å²) in [6.45, 7) is 0.321. The summed E-state index contributed by atoms with van der Waals surface area (Å²) in [6, 6.07) is 2.92. The van der Waals surface area contributed by atoms with Gasteiger partial charge < -0.3 is 10.6 Å². The molecule has 0 saturated heterocycles. The van der Waals surface area contributed by atoms with Crippen LogP contribution in [0.2, 0.25) is 0 Å². The number of non-ortho nitro benzene ring substituents is 1. The number of benzene rings is 1. The average Bonchev–Trinajstić information content (AvgIpc) is 3.23. The van der Waals surface area contributed by atoms with Gasteiger partial charge in [0.05, 0.1) is 16.6 Å². The van der Waals surface area contributed by atoms with E-state index < -0.39 is 16.6 Å². The molecule has 0 aliphatic heterocycles. The van der Waals surface area contributed by atoms with Gasteiger partial charge in [0.25, 0.3) is 11.6 Å². The number of nitrogens with zero attached hydrogens (tertiary/aromatic N) is 2. The van der Waals surface area contributed by atoms with Gasteiger partial charge in [-0.1, -0.05) is 0 Å². The van der Waals surface area contributed by atoms with E-state index in [1.54, 1.807) is 7.05 Å². The van der Waals surface area contributed by atoms with E-state index in [-0.39, 0.29) is 17.3 Å². The standard InChI is InChI=1S/C13H16FN3O3/c1-16(12(7-15)8-2-3-8)13(18)10-5-4-9(17(19)20)6-11(10)14/h4-6,8,12H,2-3,7,15H2,1H3. The van der Waals surface area contributed by atoms with Crippen molar-refractivity contribution in [1.29, 1.82) is 0 Å². The second kappa shape index (κ2) is 5.54. The van der Waals surface area contributed by atoms with Gasteiger partial charge in [-0.15, -0.1) is 0 Å². The predicted octanol–water partition coefficient (Wildman–Crippen LogP) is 1.54. The highest BCUT2D eigenvalue weighted by Gasteiger charge is 2.35. The SMILES string of the molecule is CN(C(=O)c1ccc([N+](=O)[O-])cc1F)C(CN)C1CC1. The van der Waals surface area contributed by atoms with Crippen molar-refractivity contribution in [3.63, 3.8) is 0 Å². The van der Waals surface area contributed by atoms with E-state index in [0.717, 1.165) is 31.0 Å². The number of rotatable bonds is 5. The smallest absolute Gasteiger partial charge is 0.272 e. The first kappa shape index (κ1) is 14.4. The molecule has 0 spiro atoms. The van der Waals surface area contributed by atoms with Crippen LogP contribution in [-0.4, -0.2) is 35.4 Å². The Kier molecular flexibility index (Phi) is 3.99. The van der Waals surface area contributed by atoms with Crippen LogP contribution in [0, 0.1) is 21.8 Å². The largest absolute Gasteiger partial charge is 0.337 e. The summed E-state index contributed by atoms with van der Waals surface area (Å²) in [5.41, 5.74) is 5.11. The Morgan fingerprint density at radius 1 is 1.60 bits per heavy atom. The van der Waals surface area contributed by atoms with Crippen LogP contribution in [0.15, 0.2) is 18.2 Å². The van der Waals surface area contributed by atoms with Crippen LogP contribution in [0.5, 0.6) is 0 Å². The number of nitro benzene ring substituents is 1. The van der Waals surface area contributed by atoms with Gasteiger partial charge in [-0.3, -0.25) is 14.9 Å². The highest BCUT2D eigenvalue weighted by atomic mass is 19.1. The topological polar surface area (TPSA) is 89.5 Å². The monoisotopic (exact) mass is 281 g/mol. The second-order valence-electron chi connectivity index (χ2n) is 4.98. The summed E-state index contributed by atoms with van der Waals surface area (Å²) in [7, 11) is 1.58. The molecule has 1 unspecified atom stereocenters. The number of carbonyl (C=O) groups excluding carboxylic acids is 1. The van der Waals surface area contributed by atoms with Crippen LogP contribution in [0.3, 0.4) is 0 Å². The number of carbonyl (C=O) groups is 1. The second-order valence-corrected chi connectivity index (χ2v) is 4.98. The maximum atomic E-state index is 13.8. The highest BCUT2D eigenvalue weighted by Crippen LogP contribution is 2.35. The van der Waals surface area contributed by atoms with E-state index in [4.69, 9.17) is 5.73 Å². The fourth-order valence-electron chi connectivity index (χ4n) is 2.28. The molecule has 1 aliphatic rings. The van der Waals surface area contributed by atoms with E-state index in [1.807, 2.05) is 0 Å². The van der Waals surface area contributed by atoms with Gasteiger partial charge in [0.2, 0.25) is 0 Å². The molecule has 1 saturated carbocycles. The molecular weight excluding hydrogens is 265 g/mol. The van der Waals surface area contributed by atoms with Crippen LogP contribution in [-0.2, 0) is 0 Å². The van der Waals surface area contributed by atoms with Gasteiger partial charge in [0.1, 0.15) is 5.82 Å². The van der Waals surface area contributed by atoms with Crippen LogP contribution < -0.4 is 5.73 Å². The Bertz CT molecular complexity index is 546. The molecule has 1 atom stereocenters. The number of nitrogens with two attached hydrogens (primary N) is 1. The van der Waals surface area contributed by atoms with Crippen molar-refractivity contribution in [1.82, 2.24) is 4.90 Å². The molecule has 0 radical (unpaired) electrons. The van der Waals surface area contributed by atoms with Crippen molar-refractivity contribution in [2.75, 3.05) is 13.6 Å². The van der Waals surface area contributed by atoms with Gasteiger partial charge in [-0.2, -0.15) is 0 Å². The lowest BCUT2D eigenvalue weighted by Crippen LogP contribution is -2.43. The van der Waals surface area contributed by atoms with E-state index in [1.165, 1.54) is 4.90 Å². The molecule has 6 nitrogen and oxygen atoms in total. The molecule has 1 fully saturated rings. The zero-order valence-corrected chi connectivity index (χ0v) is 11.1. The van der Waals surface area contributed by atoms with Crippen LogP contribution in [0.1, 0.15) is 23.2 Å². The Labute approximate surface area is 115 Å². The first-order chi connectivity index (χ1) is 9.45. The lowest BCUT2D eigenvalue weighted by molar-refractivity contribution is -0.385. The van der Waals surface area contributed by atoms with Gasteiger partial charge >= 0.3 is 0 Å². The molecule has 108 valence electrons. The summed E-state index contributed by atoms with van der Waals surface area (Å²) in [4.78, 5) is 23.5. The maximum absolute atomic E-state index is 13.8. The fourth-order valence-corrected chi connectivity index (χ4v) is 2.28. The molecule has 2 N–H and O–H groups in total. The highest BCUT2D eigenvalue weighted by molar-refractivity contribution is 5.94. The van der Waals surface area contributed by atoms with Crippen molar-refractivity contribution in [2.24, 2.45) is 11.7 Å². The molecule has 0 heterocycles. The molecule has 20 heavy (non-hydrogen) atoms. The minimum Gasteiger partial charge on any atom is -0.337 e. The van der Waals surface area contributed by atoms with Crippen molar-refractivity contribution in [3.05, 3.63) is 39.7 Å².